The van der Waals surface area contributed by atoms with Crippen LogP contribution in [-0.2, 0) is 0 Å². The minimum atomic E-state index is -0.0131. The van der Waals surface area contributed by atoms with E-state index in [-0.39, 0.29) is 13.2 Å². The zero-order valence-corrected chi connectivity index (χ0v) is 8.04. The zero-order chi connectivity index (χ0) is 8.97. The molecule has 66 valence electrons. The van der Waals surface area contributed by atoms with Gasteiger partial charge in [-0.1, -0.05) is 6.07 Å². The maximum Gasteiger partial charge on any atom is 0.156 e. The van der Waals surface area contributed by atoms with Crippen LogP contribution in [-0.4, -0.2) is 18.3 Å². The van der Waals surface area contributed by atoms with Gasteiger partial charge in [-0.2, -0.15) is 0 Å². The van der Waals surface area contributed by atoms with Crippen LogP contribution >= 0.6 is 15.9 Å². The third-order valence-electron chi connectivity index (χ3n) is 1.34. The minimum absolute atomic E-state index is 0.0131. The summed E-state index contributed by atoms with van der Waals surface area (Å²) in [5, 5.41) is 8.53. The number of ether oxygens (including phenoxy) is 1. The smallest absolute Gasteiger partial charge is 0.156 e. The molecule has 0 aliphatic heterocycles. The van der Waals surface area contributed by atoms with Gasteiger partial charge in [-0.25, -0.2) is 0 Å². The second-order valence-corrected chi connectivity index (χ2v) is 3.08. The number of nitrogen functional groups attached to an aromatic ring is 1. The lowest BCUT2D eigenvalue weighted by atomic mass is 10.3. The van der Waals surface area contributed by atoms with Gasteiger partial charge in [0.15, 0.2) is 5.75 Å². The second-order valence-electron chi connectivity index (χ2n) is 2.23. The lowest BCUT2D eigenvalue weighted by Crippen LogP contribution is -2.04. The van der Waals surface area contributed by atoms with Crippen LogP contribution in [0.5, 0.6) is 5.75 Å². The molecule has 1 aromatic rings. The number of para-hydroxylation sites is 1. The largest absolute Gasteiger partial charge is 0.488 e. The molecular weight excluding hydrogens is 222 g/mol. The summed E-state index contributed by atoms with van der Waals surface area (Å²) in [6, 6.07) is 5.41. The molecule has 3 nitrogen and oxygen atoms in total. The van der Waals surface area contributed by atoms with Crippen molar-refractivity contribution in [1.82, 2.24) is 0 Å². The van der Waals surface area contributed by atoms with Crippen LogP contribution in [0.4, 0.5) is 5.69 Å². The van der Waals surface area contributed by atoms with E-state index in [9.17, 15) is 0 Å². The van der Waals surface area contributed by atoms with Gasteiger partial charge in [-0.05, 0) is 28.1 Å². The quantitative estimate of drug-likeness (QED) is 0.774. The van der Waals surface area contributed by atoms with Gasteiger partial charge in [-0.15, -0.1) is 0 Å². The summed E-state index contributed by atoms with van der Waals surface area (Å²) < 4.78 is 6.00. The monoisotopic (exact) mass is 231 g/mol. The van der Waals surface area contributed by atoms with Gasteiger partial charge in [0.25, 0.3) is 0 Å². The molecule has 0 amide bonds. The van der Waals surface area contributed by atoms with Crippen LogP contribution in [0.15, 0.2) is 22.7 Å². The first-order chi connectivity index (χ1) is 5.75. The van der Waals surface area contributed by atoms with Crippen LogP contribution in [0, 0.1) is 0 Å². The maximum atomic E-state index is 8.53. The Hall–Kier alpha value is -0.740. The van der Waals surface area contributed by atoms with Crippen LogP contribution in [0.3, 0.4) is 0 Å². The summed E-state index contributed by atoms with van der Waals surface area (Å²) in [5.41, 5.74) is 6.19. The summed E-state index contributed by atoms with van der Waals surface area (Å²) in [6.07, 6.45) is 0. The highest BCUT2D eigenvalue weighted by atomic mass is 79.9. The molecule has 0 spiro atoms. The first-order valence-electron chi connectivity index (χ1n) is 3.53. The summed E-state index contributed by atoms with van der Waals surface area (Å²) in [7, 11) is 0. The molecule has 0 radical (unpaired) electrons. The van der Waals surface area contributed by atoms with Crippen molar-refractivity contribution in [3.8, 4) is 5.75 Å². The van der Waals surface area contributed by atoms with Crippen molar-refractivity contribution < 1.29 is 9.84 Å². The fourth-order valence-electron chi connectivity index (χ4n) is 0.826. The summed E-state index contributed by atoms with van der Waals surface area (Å²) in [5.74, 6) is 0.589. The second kappa shape index (κ2) is 4.33. The Morgan fingerprint density at radius 2 is 2.25 bits per heavy atom. The maximum absolute atomic E-state index is 8.53. The molecule has 0 aliphatic rings. The molecule has 0 saturated heterocycles. The predicted molar refractivity (Wildman–Crippen MR) is 51.1 cm³/mol. The van der Waals surface area contributed by atoms with Gasteiger partial charge in [0, 0.05) is 0 Å². The van der Waals surface area contributed by atoms with Crippen molar-refractivity contribution in [2.24, 2.45) is 0 Å². The summed E-state index contributed by atoms with van der Waals surface area (Å²) in [4.78, 5) is 0. The zero-order valence-electron chi connectivity index (χ0n) is 6.46. The van der Waals surface area contributed by atoms with Crippen molar-refractivity contribution in [1.29, 1.82) is 0 Å². The highest BCUT2D eigenvalue weighted by Gasteiger charge is 2.03. The van der Waals surface area contributed by atoms with Gasteiger partial charge in [0.1, 0.15) is 6.61 Å². The Morgan fingerprint density at radius 1 is 1.50 bits per heavy atom. The van der Waals surface area contributed by atoms with E-state index >= 15 is 0 Å². The molecule has 0 saturated carbocycles. The Kier molecular flexibility index (Phi) is 3.37. The molecule has 0 unspecified atom stereocenters. The normalized spacial score (nSPS) is 9.83. The van der Waals surface area contributed by atoms with Crippen molar-refractivity contribution in [3.05, 3.63) is 22.7 Å². The Morgan fingerprint density at radius 3 is 2.83 bits per heavy atom. The molecule has 1 rings (SSSR count). The molecule has 0 aromatic heterocycles. The summed E-state index contributed by atoms with van der Waals surface area (Å²) >= 11 is 3.29. The lowest BCUT2D eigenvalue weighted by molar-refractivity contribution is 0.201. The summed E-state index contributed by atoms with van der Waals surface area (Å²) in [6.45, 7) is 0.244. The lowest BCUT2D eigenvalue weighted by Gasteiger charge is -2.08. The van der Waals surface area contributed by atoms with Crippen LogP contribution in [0.2, 0.25) is 0 Å². The average Bonchev–Trinajstić information content (AvgIpc) is 2.04. The number of aliphatic hydroxyl groups is 1. The molecule has 0 atom stereocenters. The Balaban J connectivity index is 2.81. The highest BCUT2D eigenvalue weighted by Crippen LogP contribution is 2.30. The first-order valence-corrected chi connectivity index (χ1v) is 4.32. The van der Waals surface area contributed by atoms with E-state index in [0.717, 1.165) is 4.47 Å². The SMILES string of the molecule is Nc1cccc(Br)c1OCCO. The number of benzene rings is 1. The van der Waals surface area contributed by atoms with Gasteiger partial charge < -0.3 is 15.6 Å². The standard InChI is InChI=1S/C8H10BrNO2/c9-6-2-1-3-7(10)8(6)12-5-4-11/h1-3,11H,4-5,10H2. The Labute approximate surface area is 79.3 Å². The van der Waals surface area contributed by atoms with E-state index in [0.29, 0.717) is 11.4 Å². The molecule has 3 N–H and O–H groups in total. The van der Waals surface area contributed by atoms with E-state index in [1.807, 2.05) is 12.1 Å². The third kappa shape index (κ3) is 2.12. The van der Waals surface area contributed by atoms with Gasteiger partial charge >= 0.3 is 0 Å². The third-order valence-corrected chi connectivity index (χ3v) is 1.96. The van der Waals surface area contributed by atoms with Gasteiger partial charge in [0.2, 0.25) is 0 Å². The number of aliphatic hydroxyl groups excluding tert-OH is 1. The number of nitrogens with two attached hydrogens (primary N) is 1. The van der Waals surface area contributed by atoms with Crippen molar-refractivity contribution in [2.75, 3.05) is 18.9 Å². The molecule has 12 heavy (non-hydrogen) atoms. The fourth-order valence-corrected chi connectivity index (χ4v) is 1.32. The van der Waals surface area contributed by atoms with Crippen molar-refractivity contribution in [3.63, 3.8) is 0 Å². The topological polar surface area (TPSA) is 55.5 Å². The predicted octanol–water partition coefficient (Wildman–Crippen LogP) is 1.40. The average molecular weight is 232 g/mol. The minimum Gasteiger partial charge on any atom is -0.488 e. The molecule has 4 heteroatoms. The fraction of sp³-hybridized carbons (Fsp3) is 0.250. The number of halogens is 1. The molecule has 1 aromatic carbocycles. The highest BCUT2D eigenvalue weighted by molar-refractivity contribution is 9.10. The van der Waals surface area contributed by atoms with Crippen molar-refractivity contribution >= 4 is 21.6 Å². The molecule has 0 fully saturated rings. The number of hydrogen-bond donors (Lipinski definition) is 2. The molecular formula is C8H10BrNO2. The van der Waals surface area contributed by atoms with E-state index in [4.69, 9.17) is 15.6 Å². The molecule has 0 aliphatic carbocycles. The van der Waals surface area contributed by atoms with E-state index in [1.54, 1.807) is 6.07 Å². The van der Waals surface area contributed by atoms with Crippen molar-refractivity contribution in [2.45, 2.75) is 0 Å². The molecule has 0 bridgehead atoms. The van der Waals surface area contributed by atoms with Crippen LogP contribution < -0.4 is 10.5 Å². The van der Waals surface area contributed by atoms with Crippen LogP contribution in [0.25, 0.3) is 0 Å². The number of anilines is 1. The number of hydrogen-bond acceptors (Lipinski definition) is 3. The Bertz CT molecular complexity index is 245. The van der Waals surface area contributed by atoms with Gasteiger partial charge in [0.05, 0.1) is 16.8 Å². The van der Waals surface area contributed by atoms with Crippen LogP contribution in [0.1, 0.15) is 0 Å². The van der Waals surface area contributed by atoms with E-state index in [2.05, 4.69) is 15.9 Å². The van der Waals surface area contributed by atoms with E-state index in [1.165, 1.54) is 0 Å². The molecule has 0 heterocycles. The van der Waals surface area contributed by atoms with Gasteiger partial charge in [-0.3, -0.25) is 0 Å². The number of rotatable bonds is 3. The first kappa shape index (κ1) is 9.35. The van der Waals surface area contributed by atoms with E-state index < -0.39 is 0 Å².